The zero-order valence-corrected chi connectivity index (χ0v) is 16.6. The van der Waals surface area contributed by atoms with Crippen LogP contribution in [0.4, 0.5) is 0 Å². The van der Waals surface area contributed by atoms with Gasteiger partial charge in [-0.05, 0) is 67.6 Å². The third-order valence-electron chi connectivity index (χ3n) is 8.24. The van der Waals surface area contributed by atoms with E-state index < -0.39 is 17.4 Å². The smallest absolute Gasteiger partial charge is 0.303 e. The summed E-state index contributed by atoms with van der Waals surface area (Å²) in [6.45, 7) is 5.70. The molecule has 0 radical (unpaired) electrons. The number of carboxylic acid groups (broad SMARTS) is 2. The van der Waals surface area contributed by atoms with Crippen LogP contribution in [-0.2, 0) is 19.1 Å². The molecule has 2 N–H and O–H groups in total. The normalized spacial score (nSPS) is 43.4. The van der Waals surface area contributed by atoms with Gasteiger partial charge in [-0.25, -0.2) is 0 Å². The van der Waals surface area contributed by atoms with Gasteiger partial charge in [0.2, 0.25) is 0 Å². The predicted molar refractivity (Wildman–Crippen MR) is 97.9 cm³/mol. The Bertz CT molecular complexity index is 630. The van der Waals surface area contributed by atoms with Crippen LogP contribution in [0.15, 0.2) is 0 Å². The molecule has 0 aromatic heterocycles. The van der Waals surface area contributed by atoms with Crippen molar-refractivity contribution in [2.75, 3.05) is 0 Å². The molecule has 3 rings (SSSR count). The Labute approximate surface area is 160 Å². The summed E-state index contributed by atoms with van der Waals surface area (Å²) >= 11 is 0. The summed E-state index contributed by atoms with van der Waals surface area (Å²) in [5.74, 6) is -0.983. The Morgan fingerprint density at radius 1 is 0.963 bits per heavy atom. The summed E-state index contributed by atoms with van der Waals surface area (Å²) < 4.78 is 5.64. The molecule has 0 bridgehead atoms. The zero-order valence-electron chi connectivity index (χ0n) is 16.6. The minimum absolute atomic E-state index is 0.0307. The number of carboxylic acids is 2. The molecule has 3 aliphatic carbocycles. The van der Waals surface area contributed by atoms with Crippen molar-refractivity contribution in [3.8, 4) is 0 Å². The molecule has 0 aromatic rings. The van der Waals surface area contributed by atoms with Crippen molar-refractivity contribution in [3.05, 3.63) is 0 Å². The van der Waals surface area contributed by atoms with Crippen molar-refractivity contribution in [1.82, 2.24) is 0 Å². The fourth-order valence-corrected chi connectivity index (χ4v) is 7.03. The van der Waals surface area contributed by atoms with Crippen LogP contribution in [0, 0.1) is 34.5 Å². The van der Waals surface area contributed by atoms with Crippen LogP contribution < -0.4 is 0 Å². The molecule has 6 heteroatoms. The fourth-order valence-electron chi connectivity index (χ4n) is 7.03. The molecular formula is C21H32O6. The highest BCUT2D eigenvalue weighted by atomic mass is 16.5. The molecule has 7 atom stereocenters. The fraction of sp³-hybridized carbons (Fsp3) is 0.857. The van der Waals surface area contributed by atoms with E-state index in [-0.39, 0.29) is 42.2 Å². The molecule has 152 valence electrons. The standard InChI is InChI=1S/C21H32O6/c1-12(22)27-17-7-6-15-14-5-4-13(10-18(23)24)21(3,11-19(25)26)16(14)8-9-20(15,17)2/h13-17H,4-11H2,1-3H3,(H,23,24)(H,25,26)/t13-,14+,15-,16-,17-,20-,21+/m1/s1. The molecule has 0 aromatic carbocycles. The zero-order chi connectivity index (χ0) is 20.0. The van der Waals surface area contributed by atoms with Crippen LogP contribution in [0.5, 0.6) is 0 Å². The van der Waals surface area contributed by atoms with Crippen molar-refractivity contribution in [2.24, 2.45) is 34.5 Å². The number of rotatable bonds is 5. The van der Waals surface area contributed by atoms with Crippen molar-refractivity contribution in [2.45, 2.75) is 78.2 Å². The number of esters is 1. The van der Waals surface area contributed by atoms with E-state index in [4.69, 9.17) is 4.74 Å². The summed E-state index contributed by atoms with van der Waals surface area (Å²) in [6, 6.07) is 0. The number of hydrogen-bond donors (Lipinski definition) is 2. The van der Waals surface area contributed by atoms with Gasteiger partial charge < -0.3 is 14.9 Å². The topological polar surface area (TPSA) is 101 Å². The molecule has 0 saturated heterocycles. The van der Waals surface area contributed by atoms with E-state index in [0.29, 0.717) is 11.8 Å². The first-order chi connectivity index (χ1) is 12.6. The summed E-state index contributed by atoms with van der Waals surface area (Å²) in [5, 5.41) is 18.9. The second kappa shape index (κ2) is 7.10. The van der Waals surface area contributed by atoms with E-state index in [1.54, 1.807) is 0 Å². The van der Waals surface area contributed by atoms with Gasteiger partial charge in [-0.3, -0.25) is 14.4 Å². The average Bonchev–Trinajstić information content (AvgIpc) is 2.85. The first-order valence-corrected chi connectivity index (χ1v) is 10.2. The monoisotopic (exact) mass is 380 g/mol. The molecule has 3 fully saturated rings. The molecule has 27 heavy (non-hydrogen) atoms. The minimum Gasteiger partial charge on any atom is -0.481 e. The number of fused-ring (bicyclic) bond motifs is 3. The number of ether oxygens (including phenoxy) is 1. The van der Waals surface area contributed by atoms with Crippen molar-refractivity contribution >= 4 is 17.9 Å². The largest absolute Gasteiger partial charge is 0.481 e. The maximum atomic E-state index is 11.6. The van der Waals surface area contributed by atoms with Crippen LogP contribution in [-0.4, -0.2) is 34.2 Å². The molecule has 0 aliphatic heterocycles. The van der Waals surface area contributed by atoms with E-state index in [9.17, 15) is 24.6 Å². The van der Waals surface area contributed by atoms with E-state index in [2.05, 4.69) is 6.92 Å². The highest BCUT2D eigenvalue weighted by molar-refractivity contribution is 5.69. The lowest BCUT2D eigenvalue weighted by atomic mass is 9.46. The van der Waals surface area contributed by atoms with Gasteiger partial charge >= 0.3 is 17.9 Å². The Morgan fingerprint density at radius 2 is 1.67 bits per heavy atom. The highest BCUT2D eigenvalue weighted by Gasteiger charge is 2.60. The molecule has 0 spiro atoms. The second-order valence-corrected chi connectivity index (χ2v) is 9.55. The quantitative estimate of drug-likeness (QED) is 0.705. The number of carbonyl (C=O) groups excluding carboxylic acids is 1. The van der Waals surface area contributed by atoms with Gasteiger partial charge in [0.15, 0.2) is 0 Å². The van der Waals surface area contributed by atoms with Crippen LogP contribution in [0.1, 0.15) is 72.1 Å². The van der Waals surface area contributed by atoms with Crippen molar-refractivity contribution in [3.63, 3.8) is 0 Å². The predicted octanol–water partition coefficient (Wildman–Crippen LogP) is 3.73. The number of hydrogen-bond acceptors (Lipinski definition) is 4. The Kier molecular flexibility index (Phi) is 5.30. The average molecular weight is 380 g/mol. The van der Waals surface area contributed by atoms with E-state index in [1.807, 2.05) is 6.92 Å². The van der Waals surface area contributed by atoms with Crippen LogP contribution >= 0.6 is 0 Å². The summed E-state index contributed by atoms with van der Waals surface area (Å²) in [5.41, 5.74) is -0.537. The first kappa shape index (κ1) is 20.2. The lowest BCUT2D eigenvalue weighted by molar-refractivity contribution is -0.165. The third kappa shape index (κ3) is 3.47. The second-order valence-electron chi connectivity index (χ2n) is 9.55. The number of aliphatic carboxylic acids is 2. The first-order valence-electron chi connectivity index (χ1n) is 10.2. The Morgan fingerprint density at radius 3 is 2.26 bits per heavy atom. The lowest BCUT2D eigenvalue weighted by Gasteiger charge is -2.58. The van der Waals surface area contributed by atoms with Crippen LogP contribution in [0.2, 0.25) is 0 Å². The van der Waals surface area contributed by atoms with Crippen LogP contribution in [0.25, 0.3) is 0 Å². The van der Waals surface area contributed by atoms with Gasteiger partial charge in [0, 0.05) is 18.8 Å². The summed E-state index contributed by atoms with van der Waals surface area (Å²) in [6.07, 6.45) is 5.41. The van der Waals surface area contributed by atoms with E-state index in [0.717, 1.165) is 38.5 Å². The third-order valence-corrected chi connectivity index (χ3v) is 8.24. The maximum Gasteiger partial charge on any atom is 0.303 e. The van der Waals surface area contributed by atoms with Gasteiger partial charge in [-0.15, -0.1) is 0 Å². The minimum atomic E-state index is -0.842. The lowest BCUT2D eigenvalue weighted by Crippen LogP contribution is -2.53. The molecule has 0 amide bonds. The number of carbonyl (C=O) groups is 3. The Balaban J connectivity index is 1.88. The van der Waals surface area contributed by atoms with Gasteiger partial charge in [-0.1, -0.05) is 13.8 Å². The molecule has 3 aliphatic rings. The molecular weight excluding hydrogens is 348 g/mol. The van der Waals surface area contributed by atoms with Gasteiger partial charge in [0.25, 0.3) is 0 Å². The SMILES string of the molecule is CC(=O)O[C@@H]1CC[C@@H]2[C@@H]3CC[C@H](CC(=O)O)[C@](C)(CC(=O)O)[C@@H]3CC[C@]21C. The van der Waals surface area contributed by atoms with E-state index in [1.165, 1.54) is 6.92 Å². The van der Waals surface area contributed by atoms with Gasteiger partial charge in [0.1, 0.15) is 6.10 Å². The summed E-state index contributed by atoms with van der Waals surface area (Å²) in [7, 11) is 0. The van der Waals surface area contributed by atoms with Crippen LogP contribution in [0.3, 0.4) is 0 Å². The molecule has 0 unspecified atom stereocenters. The van der Waals surface area contributed by atoms with E-state index >= 15 is 0 Å². The maximum absolute atomic E-state index is 11.6. The van der Waals surface area contributed by atoms with Crippen molar-refractivity contribution < 1.29 is 29.3 Å². The highest BCUT2D eigenvalue weighted by Crippen LogP contribution is 2.65. The van der Waals surface area contributed by atoms with Crippen molar-refractivity contribution in [1.29, 1.82) is 0 Å². The van der Waals surface area contributed by atoms with Gasteiger partial charge in [0.05, 0.1) is 6.42 Å². The summed E-state index contributed by atoms with van der Waals surface area (Å²) in [4.78, 5) is 34.5. The molecule has 6 nitrogen and oxygen atoms in total. The molecule has 0 heterocycles. The molecule has 3 saturated carbocycles. The van der Waals surface area contributed by atoms with Gasteiger partial charge in [-0.2, -0.15) is 0 Å². The Hall–Kier alpha value is -1.59.